The average Bonchev–Trinajstić information content (AvgIpc) is 1.91. The lowest BCUT2D eigenvalue weighted by Gasteiger charge is -2.05. The molecule has 1 N–H and O–H groups in total. The van der Waals surface area contributed by atoms with E-state index >= 15 is 0 Å². The van der Waals surface area contributed by atoms with Gasteiger partial charge < -0.3 is 10.1 Å². The van der Waals surface area contributed by atoms with Crippen molar-refractivity contribution >= 4 is 0 Å². The molecule has 0 aromatic rings. The highest BCUT2D eigenvalue weighted by atomic mass is 16.5. The fourth-order valence-corrected chi connectivity index (χ4v) is 0.749. The van der Waals surface area contributed by atoms with E-state index in [4.69, 9.17) is 4.74 Å². The van der Waals surface area contributed by atoms with Crippen LogP contribution in [0.3, 0.4) is 0 Å². The molecule has 0 atom stereocenters. The summed E-state index contributed by atoms with van der Waals surface area (Å²) >= 11 is 0. The van der Waals surface area contributed by atoms with Gasteiger partial charge in [0.25, 0.3) is 0 Å². The van der Waals surface area contributed by atoms with Crippen molar-refractivity contribution in [3.8, 4) is 0 Å². The summed E-state index contributed by atoms with van der Waals surface area (Å²) in [6, 6.07) is 0. The van der Waals surface area contributed by atoms with Crippen LogP contribution in [0.1, 0.15) is 0 Å². The molecule has 0 amide bonds. The molecule has 0 spiro atoms. The number of ether oxygens (including phenoxy) is 1. The molecule has 1 heterocycles. The fourth-order valence-electron chi connectivity index (χ4n) is 0.749. The molecule has 2 heteroatoms. The van der Waals surface area contributed by atoms with Gasteiger partial charge in [-0.1, -0.05) is 0 Å². The minimum absolute atomic E-state index is 0.716. The van der Waals surface area contributed by atoms with Crippen molar-refractivity contribution < 1.29 is 4.74 Å². The molecular formula is C7H11NO. The second kappa shape index (κ2) is 3.30. The number of nitrogens with one attached hydrogen (secondary N) is 1. The van der Waals surface area contributed by atoms with Gasteiger partial charge in [-0.25, -0.2) is 0 Å². The topological polar surface area (TPSA) is 21.3 Å². The maximum absolute atomic E-state index is 4.96. The Hall–Kier alpha value is -0.760. The zero-order valence-corrected chi connectivity index (χ0v) is 5.55. The Morgan fingerprint density at radius 2 is 2.67 bits per heavy atom. The van der Waals surface area contributed by atoms with Crippen LogP contribution < -0.4 is 5.32 Å². The van der Waals surface area contributed by atoms with Crippen LogP contribution in [0.25, 0.3) is 0 Å². The molecule has 1 aliphatic heterocycles. The minimum Gasteiger partial charge on any atom is -0.497 e. The number of likely N-dealkylation sites (N-methyl/N-ethyl adjacent to an activating group) is 1. The highest BCUT2D eigenvalue weighted by Crippen LogP contribution is 2.00. The first-order chi connectivity index (χ1) is 4.43. The predicted octanol–water partition coefficient (Wildman–Crippen LogP) is 0.676. The summed E-state index contributed by atoms with van der Waals surface area (Å²) in [5.41, 5.74) is 1.30. The van der Waals surface area contributed by atoms with Gasteiger partial charge in [0.05, 0.1) is 6.26 Å². The molecule has 9 heavy (non-hydrogen) atoms. The Balaban J connectivity index is 2.38. The predicted molar refractivity (Wildman–Crippen MR) is 37.1 cm³/mol. The Morgan fingerprint density at radius 1 is 1.78 bits per heavy atom. The second-order valence-electron chi connectivity index (χ2n) is 1.95. The van der Waals surface area contributed by atoms with E-state index in [0.29, 0.717) is 6.61 Å². The Morgan fingerprint density at radius 3 is 3.22 bits per heavy atom. The quantitative estimate of drug-likeness (QED) is 0.586. The number of hydrogen-bond donors (Lipinski definition) is 1. The van der Waals surface area contributed by atoms with E-state index in [1.807, 2.05) is 13.1 Å². The van der Waals surface area contributed by atoms with E-state index in [9.17, 15) is 0 Å². The van der Waals surface area contributed by atoms with Gasteiger partial charge in [0.2, 0.25) is 0 Å². The van der Waals surface area contributed by atoms with Gasteiger partial charge >= 0.3 is 0 Å². The molecule has 0 radical (unpaired) electrons. The van der Waals surface area contributed by atoms with Crippen molar-refractivity contribution in [2.45, 2.75) is 0 Å². The lowest BCUT2D eigenvalue weighted by molar-refractivity contribution is 0.284. The summed E-state index contributed by atoms with van der Waals surface area (Å²) in [4.78, 5) is 0. The second-order valence-corrected chi connectivity index (χ2v) is 1.95. The molecule has 0 aliphatic carbocycles. The molecule has 0 aromatic heterocycles. The van der Waals surface area contributed by atoms with E-state index in [2.05, 4.69) is 11.4 Å². The minimum atomic E-state index is 0.716. The summed E-state index contributed by atoms with van der Waals surface area (Å²) < 4.78 is 4.96. The van der Waals surface area contributed by atoms with Crippen LogP contribution in [-0.4, -0.2) is 20.2 Å². The van der Waals surface area contributed by atoms with Crippen molar-refractivity contribution in [2.24, 2.45) is 0 Å². The van der Waals surface area contributed by atoms with Crippen molar-refractivity contribution in [1.82, 2.24) is 5.32 Å². The maximum Gasteiger partial charge on any atom is 0.106 e. The van der Waals surface area contributed by atoms with E-state index in [-0.39, 0.29) is 0 Å². The Bertz CT molecular complexity index is 138. The van der Waals surface area contributed by atoms with E-state index in [0.717, 1.165) is 6.54 Å². The van der Waals surface area contributed by atoms with Gasteiger partial charge in [-0.15, -0.1) is 0 Å². The van der Waals surface area contributed by atoms with Gasteiger partial charge in [0.1, 0.15) is 6.61 Å². The molecule has 0 saturated carbocycles. The average molecular weight is 125 g/mol. The highest BCUT2D eigenvalue weighted by molar-refractivity contribution is 5.21. The smallest absolute Gasteiger partial charge is 0.106 e. The maximum atomic E-state index is 4.96. The first kappa shape index (κ1) is 6.36. The van der Waals surface area contributed by atoms with Crippen molar-refractivity contribution in [3.05, 3.63) is 24.0 Å². The molecule has 1 rings (SSSR count). The van der Waals surface area contributed by atoms with E-state index in [1.54, 1.807) is 6.26 Å². The van der Waals surface area contributed by atoms with Crippen LogP contribution in [0.15, 0.2) is 24.0 Å². The molecule has 0 saturated heterocycles. The van der Waals surface area contributed by atoms with Crippen LogP contribution in [-0.2, 0) is 4.74 Å². The van der Waals surface area contributed by atoms with Crippen LogP contribution >= 0.6 is 0 Å². The van der Waals surface area contributed by atoms with Crippen LogP contribution in [0, 0.1) is 0 Å². The largest absolute Gasteiger partial charge is 0.497 e. The van der Waals surface area contributed by atoms with Crippen LogP contribution in [0.4, 0.5) is 0 Å². The molecule has 0 unspecified atom stereocenters. The van der Waals surface area contributed by atoms with Crippen molar-refractivity contribution in [1.29, 1.82) is 0 Å². The summed E-state index contributed by atoms with van der Waals surface area (Å²) in [5.74, 6) is 0. The summed E-state index contributed by atoms with van der Waals surface area (Å²) in [5, 5.41) is 3.06. The lowest BCUT2D eigenvalue weighted by atomic mass is 10.2. The van der Waals surface area contributed by atoms with Crippen LogP contribution in [0.5, 0.6) is 0 Å². The third-order valence-corrected chi connectivity index (χ3v) is 1.20. The molecular weight excluding hydrogens is 114 g/mol. The Kier molecular flexibility index (Phi) is 2.33. The standard InChI is InChI=1S/C7H11NO/c1-8-6-7-2-4-9-5-3-7/h2-4,8H,5-6H2,1H3. The molecule has 0 bridgehead atoms. The molecule has 0 fully saturated rings. The zero-order chi connectivity index (χ0) is 6.53. The number of rotatable bonds is 2. The first-order valence-corrected chi connectivity index (χ1v) is 3.05. The number of hydrogen-bond acceptors (Lipinski definition) is 2. The van der Waals surface area contributed by atoms with Gasteiger partial charge in [-0.05, 0) is 24.8 Å². The summed E-state index contributed by atoms with van der Waals surface area (Å²) in [7, 11) is 1.93. The molecule has 1 aliphatic rings. The van der Waals surface area contributed by atoms with Crippen molar-refractivity contribution in [3.63, 3.8) is 0 Å². The zero-order valence-electron chi connectivity index (χ0n) is 5.55. The van der Waals surface area contributed by atoms with Gasteiger partial charge in [0, 0.05) is 6.54 Å². The molecule has 2 nitrogen and oxygen atoms in total. The third kappa shape index (κ3) is 1.90. The van der Waals surface area contributed by atoms with Gasteiger partial charge in [-0.3, -0.25) is 0 Å². The van der Waals surface area contributed by atoms with Gasteiger partial charge in [-0.2, -0.15) is 0 Å². The highest BCUT2D eigenvalue weighted by Gasteiger charge is 1.93. The Labute approximate surface area is 55.2 Å². The first-order valence-electron chi connectivity index (χ1n) is 3.05. The van der Waals surface area contributed by atoms with E-state index < -0.39 is 0 Å². The monoisotopic (exact) mass is 125 g/mol. The SMILES string of the molecule is CNCC1=CCOC=C1. The fraction of sp³-hybridized carbons (Fsp3) is 0.429. The summed E-state index contributed by atoms with van der Waals surface area (Å²) in [6.45, 7) is 1.65. The molecule has 0 aromatic carbocycles. The lowest BCUT2D eigenvalue weighted by Crippen LogP contribution is -2.11. The summed E-state index contributed by atoms with van der Waals surface area (Å²) in [6.07, 6.45) is 5.77. The van der Waals surface area contributed by atoms with E-state index in [1.165, 1.54) is 5.57 Å². The van der Waals surface area contributed by atoms with Gasteiger partial charge in [0.15, 0.2) is 0 Å². The molecule has 50 valence electrons. The third-order valence-electron chi connectivity index (χ3n) is 1.20. The van der Waals surface area contributed by atoms with Crippen LogP contribution in [0.2, 0.25) is 0 Å². The van der Waals surface area contributed by atoms with Crippen molar-refractivity contribution in [2.75, 3.05) is 20.2 Å². The normalized spacial score (nSPS) is 16.8.